The Balaban J connectivity index is 1.80. The maximum absolute atomic E-state index is 12.2. The summed E-state index contributed by atoms with van der Waals surface area (Å²) in [6, 6.07) is 14.4. The van der Waals surface area contributed by atoms with Gasteiger partial charge in [0.15, 0.2) is 0 Å². The second kappa shape index (κ2) is 10.5. The first-order valence-electron chi connectivity index (χ1n) is 8.67. The first-order chi connectivity index (χ1) is 13.0. The lowest BCUT2D eigenvalue weighted by Gasteiger charge is -2.19. The molecule has 2 aromatic carbocycles. The summed E-state index contributed by atoms with van der Waals surface area (Å²) in [6.07, 6.45) is 0. The number of rotatable bonds is 9. The highest BCUT2D eigenvalue weighted by Gasteiger charge is 2.13. The van der Waals surface area contributed by atoms with E-state index in [1.807, 2.05) is 19.1 Å². The normalized spacial score (nSPS) is 10.5. The zero-order chi connectivity index (χ0) is 19.6. The van der Waals surface area contributed by atoms with Crippen LogP contribution >= 0.6 is 11.6 Å². The van der Waals surface area contributed by atoms with E-state index in [9.17, 15) is 9.59 Å². The molecule has 2 amide bonds. The van der Waals surface area contributed by atoms with Crippen molar-refractivity contribution in [3.05, 3.63) is 59.1 Å². The summed E-state index contributed by atoms with van der Waals surface area (Å²) in [5.74, 6) is 0.346. The molecule has 0 saturated carbocycles. The highest BCUT2D eigenvalue weighted by atomic mass is 35.5. The molecule has 27 heavy (non-hydrogen) atoms. The maximum atomic E-state index is 12.2. The third kappa shape index (κ3) is 7.29. The fourth-order valence-corrected chi connectivity index (χ4v) is 2.57. The van der Waals surface area contributed by atoms with Gasteiger partial charge in [-0.1, -0.05) is 36.7 Å². The van der Waals surface area contributed by atoms with E-state index < -0.39 is 0 Å². The van der Waals surface area contributed by atoms with E-state index in [1.165, 1.54) is 0 Å². The third-order valence-corrected chi connectivity index (χ3v) is 4.19. The summed E-state index contributed by atoms with van der Waals surface area (Å²) in [6.45, 7) is 3.19. The Bertz CT molecular complexity index is 765. The summed E-state index contributed by atoms with van der Waals surface area (Å²) >= 11 is 5.85. The predicted octanol–water partition coefficient (Wildman–Crippen LogP) is 2.93. The molecule has 6 nitrogen and oxygen atoms in total. The minimum Gasteiger partial charge on any atom is -0.497 e. The Hall–Kier alpha value is -2.57. The van der Waals surface area contributed by atoms with Gasteiger partial charge >= 0.3 is 0 Å². The first-order valence-corrected chi connectivity index (χ1v) is 9.05. The lowest BCUT2D eigenvalue weighted by molar-refractivity contribution is -0.123. The molecule has 0 saturated heterocycles. The molecule has 0 unspecified atom stereocenters. The lowest BCUT2D eigenvalue weighted by atomic mass is 10.2. The third-order valence-electron chi connectivity index (χ3n) is 3.94. The summed E-state index contributed by atoms with van der Waals surface area (Å²) in [7, 11) is 1.57. The number of halogens is 1. The van der Waals surface area contributed by atoms with Crippen LogP contribution in [0.4, 0.5) is 5.69 Å². The number of nitrogens with one attached hydrogen (secondary N) is 2. The highest BCUT2D eigenvalue weighted by Crippen LogP contribution is 2.16. The van der Waals surface area contributed by atoms with Crippen LogP contribution in [0.2, 0.25) is 5.02 Å². The van der Waals surface area contributed by atoms with E-state index in [2.05, 4.69) is 10.6 Å². The molecule has 0 radical (unpaired) electrons. The van der Waals surface area contributed by atoms with Crippen LogP contribution in [0.3, 0.4) is 0 Å². The highest BCUT2D eigenvalue weighted by molar-refractivity contribution is 6.30. The smallest absolute Gasteiger partial charge is 0.238 e. The largest absolute Gasteiger partial charge is 0.497 e. The number of ether oxygens (including phenoxy) is 1. The van der Waals surface area contributed by atoms with Crippen LogP contribution < -0.4 is 15.4 Å². The summed E-state index contributed by atoms with van der Waals surface area (Å²) in [5.41, 5.74) is 1.62. The van der Waals surface area contributed by atoms with Gasteiger partial charge in [0.1, 0.15) is 5.75 Å². The summed E-state index contributed by atoms with van der Waals surface area (Å²) < 4.78 is 5.14. The molecule has 2 rings (SSSR count). The van der Waals surface area contributed by atoms with Gasteiger partial charge < -0.3 is 15.4 Å². The molecule has 7 heteroatoms. The van der Waals surface area contributed by atoms with Crippen molar-refractivity contribution in [2.75, 3.05) is 32.1 Å². The van der Waals surface area contributed by atoms with Gasteiger partial charge in [0.25, 0.3) is 0 Å². The van der Waals surface area contributed by atoms with Crippen LogP contribution in [0.25, 0.3) is 0 Å². The molecule has 2 N–H and O–H groups in total. The monoisotopic (exact) mass is 389 g/mol. The van der Waals surface area contributed by atoms with E-state index in [4.69, 9.17) is 16.3 Å². The molecule has 0 aliphatic rings. The second-order valence-corrected chi connectivity index (χ2v) is 6.42. The molecule has 0 atom stereocenters. The van der Waals surface area contributed by atoms with Crippen LogP contribution in [-0.4, -0.2) is 43.5 Å². The molecular weight excluding hydrogens is 366 g/mol. The van der Waals surface area contributed by atoms with Crippen molar-refractivity contribution < 1.29 is 14.3 Å². The van der Waals surface area contributed by atoms with Crippen molar-refractivity contribution in [3.8, 4) is 5.75 Å². The molecule has 0 aliphatic carbocycles. The SMILES string of the molecule is CCN(CC(=O)NCc1ccc(Cl)cc1)CC(=O)Nc1cccc(OC)c1. The number of benzene rings is 2. The standard InChI is InChI=1S/C20H24ClN3O3/c1-3-24(13-19(25)22-12-15-7-9-16(21)10-8-15)14-20(26)23-17-5-4-6-18(11-17)27-2/h4-11H,3,12-14H2,1-2H3,(H,22,25)(H,23,26). The van der Waals surface area contributed by atoms with Crippen molar-refractivity contribution in [2.45, 2.75) is 13.5 Å². The van der Waals surface area contributed by atoms with Gasteiger partial charge in [-0.3, -0.25) is 14.5 Å². The number of likely N-dealkylation sites (N-methyl/N-ethyl adjacent to an activating group) is 1. The molecule has 0 spiro atoms. The van der Waals surface area contributed by atoms with Gasteiger partial charge in [0.05, 0.1) is 20.2 Å². The zero-order valence-corrected chi connectivity index (χ0v) is 16.3. The molecule has 144 valence electrons. The Morgan fingerprint density at radius 3 is 2.44 bits per heavy atom. The van der Waals surface area contributed by atoms with Gasteiger partial charge in [-0.25, -0.2) is 0 Å². The number of carbonyl (C=O) groups is 2. The quantitative estimate of drug-likeness (QED) is 0.691. The van der Waals surface area contributed by atoms with Crippen LogP contribution in [-0.2, 0) is 16.1 Å². The van der Waals surface area contributed by atoms with Crippen LogP contribution in [0.1, 0.15) is 12.5 Å². The minimum atomic E-state index is -0.185. The summed E-state index contributed by atoms with van der Waals surface area (Å²) in [4.78, 5) is 26.2. The van der Waals surface area contributed by atoms with Crippen LogP contribution in [0.5, 0.6) is 5.75 Å². The maximum Gasteiger partial charge on any atom is 0.238 e. The fraction of sp³-hybridized carbons (Fsp3) is 0.300. The fourth-order valence-electron chi connectivity index (χ4n) is 2.45. The zero-order valence-electron chi connectivity index (χ0n) is 15.5. The number of methoxy groups -OCH3 is 1. The Kier molecular flexibility index (Phi) is 8.10. The molecule has 0 bridgehead atoms. The molecule has 0 aliphatic heterocycles. The van der Waals surface area contributed by atoms with Gasteiger partial charge in [-0.15, -0.1) is 0 Å². The Morgan fingerprint density at radius 2 is 1.78 bits per heavy atom. The average Bonchev–Trinajstić information content (AvgIpc) is 2.67. The van der Waals surface area contributed by atoms with E-state index >= 15 is 0 Å². The van der Waals surface area contributed by atoms with Crippen molar-refractivity contribution >= 4 is 29.1 Å². The number of anilines is 1. The number of hydrogen-bond acceptors (Lipinski definition) is 4. The number of nitrogens with zero attached hydrogens (tertiary/aromatic N) is 1. The van der Waals surface area contributed by atoms with E-state index in [0.29, 0.717) is 29.5 Å². The van der Waals surface area contributed by atoms with Gasteiger partial charge in [-0.05, 0) is 36.4 Å². The molecule has 0 aromatic heterocycles. The number of carbonyl (C=O) groups excluding carboxylic acids is 2. The predicted molar refractivity (Wildman–Crippen MR) is 107 cm³/mol. The van der Waals surface area contributed by atoms with Gasteiger partial charge in [0.2, 0.25) is 11.8 Å². The average molecular weight is 390 g/mol. The lowest BCUT2D eigenvalue weighted by Crippen LogP contribution is -2.40. The Labute approximate surface area is 164 Å². The Morgan fingerprint density at radius 1 is 1.07 bits per heavy atom. The van der Waals surface area contributed by atoms with Crippen LogP contribution in [0, 0.1) is 0 Å². The van der Waals surface area contributed by atoms with E-state index in [1.54, 1.807) is 48.4 Å². The first kappa shape index (κ1) is 20.7. The molecule has 0 fully saturated rings. The summed E-state index contributed by atoms with van der Waals surface area (Å²) in [5, 5.41) is 6.32. The van der Waals surface area contributed by atoms with Gasteiger partial charge in [0, 0.05) is 23.3 Å². The van der Waals surface area contributed by atoms with Crippen molar-refractivity contribution in [2.24, 2.45) is 0 Å². The molecule has 0 heterocycles. The van der Waals surface area contributed by atoms with Crippen molar-refractivity contribution in [1.29, 1.82) is 0 Å². The molecule has 2 aromatic rings. The van der Waals surface area contributed by atoms with E-state index in [-0.39, 0.29) is 24.9 Å². The van der Waals surface area contributed by atoms with E-state index in [0.717, 1.165) is 5.56 Å². The second-order valence-electron chi connectivity index (χ2n) is 5.99. The topological polar surface area (TPSA) is 70.7 Å². The minimum absolute atomic E-state index is 0.127. The van der Waals surface area contributed by atoms with Crippen LogP contribution in [0.15, 0.2) is 48.5 Å². The van der Waals surface area contributed by atoms with Crippen molar-refractivity contribution in [1.82, 2.24) is 10.2 Å². The number of amides is 2. The molecular formula is C20H24ClN3O3. The number of hydrogen-bond donors (Lipinski definition) is 2. The van der Waals surface area contributed by atoms with Gasteiger partial charge in [-0.2, -0.15) is 0 Å². The van der Waals surface area contributed by atoms with Crippen molar-refractivity contribution in [3.63, 3.8) is 0 Å².